The molecule has 2 aromatic carbocycles. The fourth-order valence-corrected chi connectivity index (χ4v) is 5.68. The average Bonchev–Trinajstić information content (AvgIpc) is 2.79. The largest absolute Gasteiger partial charge is 0.332 e. The van der Waals surface area contributed by atoms with Crippen LogP contribution in [0, 0.1) is 0 Å². The molecule has 172 valence electrons. The second kappa shape index (κ2) is 10.3. The van der Waals surface area contributed by atoms with Crippen molar-refractivity contribution in [2.45, 2.75) is 50.5 Å². The van der Waals surface area contributed by atoms with Gasteiger partial charge >= 0.3 is 0 Å². The van der Waals surface area contributed by atoms with Gasteiger partial charge in [0.05, 0.1) is 11.4 Å². The lowest BCUT2D eigenvalue weighted by Crippen LogP contribution is -2.41. The van der Waals surface area contributed by atoms with Gasteiger partial charge in [0.2, 0.25) is 15.9 Å². The second-order valence-corrected chi connectivity index (χ2v) is 10.1. The maximum absolute atomic E-state index is 13.0. The lowest BCUT2D eigenvalue weighted by atomic mass is 10.1. The first-order chi connectivity index (χ1) is 15.2. The number of rotatable bonds is 7. The number of carbonyl (C=O) groups excluding carboxylic acids is 2. The van der Waals surface area contributed by atoms with Crippen LogP contribution in [-0.2, 0) is 21.2 Å². The molecule has 1 aliphatic heterocycles. The standard InChI is InChI=1S/C24H31N3O4S/c1-4-19-10-5-6-11-22(19)25-23(28)17-26(3)24(29)20-12-14-21(15-13-20)32(30,31)27-16-8-7-9-18(27)2/h5-6,10-15,18H,4,7-9,16-17H2,1-3H3,(H,25,28)/t18-/m1/s1. The normalized spacial score (nSPS) is 17.0. The Kier molecular flexibility index (Phi) is 7.69. The van der Waals surface area contributed by atoms with Crippen LogP contribution in [-0.4, -0.2) is 55.6 Å². The van der Waals surface area contributed by atoms with E-state index in [0.29, 0.717) is 12.1 Å². The Morgan fingerprint density at radius 1 is 1.09 bits per heavy atom. The molecule has 1 atom stereocenters. The number of nitrogens with one attached hydrogen (secondary N) is 1. The average molecular weight is 458 g/mol. The van der Waals surface area contributed by atoms with Crippen molar-refractivity contribution in [3.8, 4) is 0 Å². The number of sulfonamides is 1. The van der Waals surface area contributed by atoms with E-state index in [1.54, 1.807) is 7.05 Å². The lowest BCUT2D eigenvalue weighted by molar-refractivity contribution is -0.116. The van der Waals surface area contributed by atoms with Gasteiger partial charge in [0.15, 0.2) is 0 Å². The summed E-state index contributed by atoms with van der Waals surface area (Å²) in [4.78, 5) is 26.7. The molecule has 2 amide bonds. The van der Waals surface area contributed by atoms with E-state index in [1.165, 1.54) is 33.5 Å². The fraction of sp³-hybridized carbons (Fsp3) is 0.417. The minimum Gasteiger partial charge on any atom is -0.332 e. The van der Waals surface area contributed by atoms with E-state index in [0.717, 1.165) is 36.9 Å². The summed E-state index contributed by atoms with van der Waals surface area (Å²) in [6.07, 6.45) is 3.53. The van der Waals surface area contributed by atoms with Gasteiger partial charge in [0.25, 0.3) is 5.91 Å². The summed E-state index contributed by atoms with van der Waals surface area (Å²) in [5.41, 5.74) is 2.09. The summed E-state index contributed by atoms with van der Waals surface area (Å²) in [5, 5.41) is 2.85. The Morgan fingerprint density at radius 3 is 2.44 bits per heavy atom. The van der Waals surface area contributed by atoms with Gasteiger partial charge in [0.1, 0.15) is 0 Å². The van der Waals surface area contributed by atoms with E-state index in [4.69, 9.17) is 0 Å². The number of benzene rings is 2. The van der Waals surface area contributed by atoms with Crippen LogP contribution in [0.5, 0.6) is 0 Å². The lowest BCUT2D eigenvalue weighted by Gasteiger charge is -2.32. The highest BCUT2D eigenvalue weighted by Gasteiger charge is 2.31. The third kappa shape index (κ3) is 5.37. The van der Waals surface area contributed by atoms with Gasteiger partial charge in [-0.2, -0.15) is 4.31 Å². The second-order valence-electron chi connectivity index (χ2n) is 8.21. The topological polar surface area (TPSA) is 86.8 Å². The molecule has 1 heterocycles. The van der Waals surface area contributed by atoms with Crippen LogP contribution in [0.4, 0.5) is 5.69 Å². The van der Waals surface area contributed by atoms with Crippen molar-refractivity contribution in [1.82, 2.24) is 9.21 Å². The van der Waals surface area contributed by atoms with E-state index < -0.39 is 10.0 Å². The van der Waals surface area contributed by atoms with Crippen LogP contribution < -0.4 is 5.32 Å². The molecule has 0 saturated carbocycles. The summed E-state index contributed by atoms with van der Waals surface area (Å²) in [6, 6.07) is 13.5. The molecule has 2 aromatic rings. The van der Waals surface area contributed by atoms with Gasteiger partial charge in [-0.25, -0.2) is 8.42 Å². The molecule has 1 saturated heterocycles. The number of nitrogens with zero attached hydrogens (tertiary/aromatic N) is 2. The van der Waals surface area contributed by atoms with E-state index in [2.05, 4.69) is 5.32 Å². The number of hydrogen-bond acceptors (Lipinski definition) is 4. The van der Waals surface area contributed by atoms with Crippen LogP contribution in [0.1, 0.15) is 49.0 Å². The SMILES string of the molecule is CCc1ccccc1NC(=O)CN(C)C(=O)c1ccc(S(=O)(=O)N2CCCC[C@H]2C)cc1. The summed E-state index contributed by atoms with van der Waals surface area (Å²) in [5.74, 6) is -0.640. The number of para-hydroxylation sites is 1. The van der Waals surface area contributed by atoms with Gasteiger partial charge in [-0.3, -0.25) is 9.59 Å². The number of anilines is 1. The molecule has 1 aliphatic rings. The minimum atomic E-state index is -3.59. The van der Waals surface area contributed by atoms with Crippen LogP contribution in [0.15, 0.2) is 53.4 Å². The maximum atomic E-state index is 13.0. The van der Waals surface area contributed by atoms with E-state index in [-0.39, 0.29) is 29.3 Å². The summed E-state index contributed by atoms with van der Waals surface area (Å²) in [7, 11) is -2.04. The Labute approximate surface area is 190 Å². The van der Waals surface area contributed by atoms with Crippen LogP contribution >= 0.6 is 0 Å². The smallest absolute Gasteiger partial charge is 0.254 e. The Morgan fingerprint density at radius 2 is 1.78 bits per heavy atom. The zero-order valence-electron chi connectivity index (χ0n) is 18.9. The van der Waals surface area contributed by atoms with E-state index in [1.807, 2.05) is 38.1 Å². The van der Waals surface area contributed by atoms with Gasteiger partial charge in [0, 0.05) is 30.9 Å². The van der Waals surface area contributed by atoms with Crippen LogP contribution in [0.25, 0.3) is 0 Å². The van der Waals surface area contributed by atoms with Gasteiger partial charge in [-0.15, -0.1) is 0 Å². The van der Waals surface area contributed by atoms with Crippen LogP contribution in [0.2, 0.25) is 0 Å². The predicted molar refractivity (Wildman–Crippen MR) is 125 cm³/mol. The van der Waals surface area contributed by atoms with Gasteiger partial charge < -0.3 is 10.2 Å². The molecule has 0 aromatic heterocycles. The molecular weight excluding hydrogens is 426 g/mol. The molecule has 1 N–H and O–H groups in total. The van der Waals surface area contributed by atoms with E-state index in [9.17, 15) is 18.0 Å². The molecule has 7 nitrogen and oxygen atoms in total. The Bertz CT molecular complexity index is 1070. The predicted octanol–water partition coefficient (Wildman–Crippen LogP) is 3.52. The van der Waals surface area contributed by atoms with Gasteiger partial charge in [-0.05, 0) is 62.1 Å². The Balaban J connectivity index is 1.65. The van der Waals surface area contributed by atoms with Crippen LogP contribution in [0.3, 0.4) is 0 Å². The summed E-state index contributed by atoms with van der Waals surface area (Å²) < 4.78 is 27.5. The number of piperidine rings is 1. The van der Waals surface area contributed by atoms with Crippen molar-refractivity contribution in [1.29, 1.82) is 0 Å². The number of likely N-dealkylation sites (N-methyl/N-ethyl adjacent to an activating group) is 1. The monoisotopic (exact) mass is 457 g/mol. The first kappa shape index (κ1) is 23.9. The number of carbonyl (C=O) groups is 2. The molecule has 3 rings (SSSR count). The molecule has 0 unspecified atom stereocenters. The first-order valence-electron chi connectivity index (χ1n) is 11.0. The van der Waals surface area contributed by atoms with E-state index >= 15 is 0 Å². The third-order valence-corrected chi connectivity index (χ3v) is 7.88. The molecule has 0 bridgehead atoms. The molecular formula is C24H31N3O4S. The highest BCUT2D eigenvalue weighted by molar-refractivity contribution is 7.89. The van der Waals surface area contributed by atoms with Crippen molar-refractivity contribution in [2.75, 3.05) is 25.5 Å². The summed E-state index contributed by atoms with van der Waals surface area (Å²) in [6.45, 7) is 4.34. The summed E-state index contributed by atoms with van der Waals surface area (Å²) >= 11 is 0. The quantitative estimate of drug-likeness (QED) is 0.689. The molecule has 8 heteroatoms. The Hall–Kier alpha value is -2.71. The highest BCUT2D eigenvalue weighted by atomic mass is 32.2. The molecule has 0 radical (unpaired) electrons. The van der Waals surface area contributed by atoms with Crippen molar-refractivity contribution < 1.29 is 18.0 Å². The fourth-order valence-electron chi connectivity index (χ4n) is 3.98. The zero-order chi connectivity index (χ0) is 23.3. The number of amides is 2. The van der Waals surface area contributed by atoms with Crippen molar-refractivity contribution in [3.05, 3.63) is 59.7 Å². The highest BCUT2D eigenvalue weighted by Crippen LogP contribution is 2.25. The number of hydrogen-bond donors (Lipinski definition) is 1. The maximum Gasteiger partial charge on any atom is 0.254 e. The van der Waals surface area contributed by atoms with Gasteiger partial charge in [-0.1, -0.05) is 31.5 Å². The molecule has 32 heavy (non-hydrogen) atoms. The first-order valence-corrected chi connectivity index (χ1v) is 12.4. The van der Waals surface area contributed by atoms with Crippen molar-refractivity contribution in [3.63, 3.8) is 0 Å². The number of aryl methyl sites for hydroxylation is 1. The van der Waals surface area contributed by atoms with Crippen molar-refractivity contribution in [2.24, 2.45) is 0 Å². The molecule has 0 spiro atoms. The minimum absolute atomic E-state index is 0.0301. The molecule has 0 aliphatic carbocycles. The molecule has 1 fully saturated rings. The zero-order valence-corrected chi connectivity index (χ0v) is 19.7. The van der Waals surface area contributed by atoms with Crippen molar-refractivity contribution >= 4 is 27.5 Å². The third-order valence-electron chi connectivity index (χ3n) is 5.85.